The van der Waals surface area contributed by atoms with Gasteiger partial charge in [-0.2, -0.15) is 0 Å². The van der Waals surface area contributed by atoms with Crippen LogP contribution in [-0.2, 0) is 0 Å². The summed E-state index contributed by atoms with van der Waals surface area (Å²) in [6, 6.07) is 7.78. The second kappa shape index (κ2) is 4.36. The summed E-state index contributed by atoms with van der Waals surface area (Å²) >= 11 is 10.3. The highest BCUT2D eigenvalue weighted by atomic mass is 79.9. The Hall–Kier alpha value is -0.190. The van der Waals surface area contributed by atoms with Crippen LogP contribution >= 0.6 is 47.8 Å². The van der Waals surface area contributed by atoms with Gasteiger partial charge in [0.2, 0.25) is 0 Å². The number of hydrogen-bond donors (Lipinski definition) is 0. The highest BCUT2D eigenvalue weighted by molar-refractivity contribution is 9.11. The smallest absolute Gasteiger partial charge is 0.151 e. The van der Waals surface area contributed by atoms with Crippen LogP contribution in [0.5, 0.6) is 0 Å². The van der Waals surface area contributed by atoms with Crippen molar-refractivity contribution in [2.24, 2.45) is 0 Å². The third kappa shape index (κ3) is 2.17. The summed E-state index contributed by atoms with van der Waals surface area (Å²) in [5.74, 6) is 0. The molecule has 0 heterocycles. The highest BCUT2D eigenvalue weighted by Gasteiger charge is 2.05. The molecule has 2 rings (SSSR count). The molecular formula is C11H5Br3O. The molecule has 0 aromatic heterocycles. The molecule has 0 fully saturated rings. The van der Waals surface area contributed by atoms with Crippen molar-refractivity contribution in [2.45, 2.75) is 0 Å². The number of aldehydes is 1. The molecule has 0 bridgehead atoms. The van der Waals surface area contributed by atoms with E-state index in [4.69, 9.17) is 0 Å². The summed E-state index contributed by atoms with van der Waals surface area (Å²) in [5.41, 5.74) is 0.658. The fourth-order valence-electron chi connectivity index (χ4n) is 1.41. The van der Waals surface area contributed by atoms with Gasteiger partial charge in [0.25, 0.3) is 0 Å². The minimum Gasteiger partial charge on any atom is -0.298 e. The van der Waals surface area contributed by atoms with Crippen LogP contribution in [0.15, 0.2) is 37.7 Å². The zero-order chi connectivity index (χ0) is 11.0. The lowest BCUT2D eigenvalue weighted by Gasteiger charge is -2.05. The van der Waals surface area contributed by atoms with E-state index in [0.29, 0.717) is 5.56 Å². The maximum atomic E-state index is 10.8. The molecule has 0 saturated carbocycles. The van der Waals surface area contributed by atoms with E-state index in [2.05, 4.69) is 47.8 Å². The van der Waals surface area contributed by atoms with E-state index in [1.807, 2.05) is 24.3 Å². The lowest BCUT2D eigenvalue weighted by Crippen LogP contribution is -1.84. The fourth-order valence-corrected chi connectivity index (χ4v) is 3.24. The number of rotatable bonds is 1. The summed E-state index contributed by atoms with van der Waals surface area (Å²) in [4.78, 5) is 10.8. The van der Waals surface area contributed by atoms with Crippen LogP contribution in [0.1, 0.15) is 10.4 Å². The van der Waals surface area contributed by atoms with Crippen LogP contribution in [0.3, 0.4) is 0 Å². The second-order valence-electron chi connectivity index (χ2n) is 3.10. The van der Waals surface area contributed by atoms with E-state index in [1.54, 1.807) is 0 Å². The molecule has 0 aliphatic rings. The Labute approximate surface area is 112 Å². The first-order chi connectivity index (χ1) is 7.11. The third-order valence-electron chi connectivity index (χ3n) is 2.11. The van der Waals surface area contributed by atoms with E-state index in [9.17, 15) is 4.79 Å². The van der Waals surface area contributed by atoms with Crippen molar-refractivity contribution in [3.05, 3.63) is 43.2 Å². The first kappa shape index (κ1) is 11.3. The van der Waals surface area contributed by atoms with E-state index in [0.717, 1.165) is 30.5 Å². The van der Waals surface area contributed by atoms with Gasteiger partial charge in [-0.3, -0.25) is 4.79 Å². The van der Waals surface area contributed by atoms with Crippen LogP contribution in [0.4, 0.5) is 0 Å². The summed E-state index contributed by atoms with van der Waals surface area (Å²) < 4.78 is 2.80. The third-order valence-corrected chi connectivity index (χ3v) is 3.91. The van der Waals surface area contributed by atoms with Crippen LogP contribution in [-0.4, -0.2) is 6.29 Å². The molecule has 0 spiro atoms. The number of carbonyl (C=O) groups is 1. The zero-order valence-electron chi connectivity index (χ0n) is 7.43. The quantitative estimate of drug-likeness (QED) is 0.628. The van der Waals surface area contributed by atoms with Gasteiger partial charge >= 0.3 is 0 Å². The molecule has 0 saturated heterocycles. The Morgan fingerprint density at radius 2 is 1.67 bits per heavy atom. The number of hydrogen-bond acceptors (Lipinski definition) is 1. The topological polar surface area (TPSA) is 17.1 Å². The fraction of sp³-hybridized carbons (Fsp3) is 0. The largest absolute Gasteiger partial charge is 0.298 e. The molecular weight excluding hydrogens is 388 g/mol. The molecule has 0 unspecified atom stereocenters. The summed E-state index contributed by atoms with van der Waals surface area (Å²) in [7, 11) is 0. The lowest BCUT2D eigenvalue weighted by molar-refractivity contribution is 0.112. The predicted molar refractivity (Wildman–Crippen MR) is 72.4 cm³/mol. The minimum absolute atomic E-state index is 0.658. The molecule has 0 aliphatic heterocycles. The number of halogens is 3. The standard InChI is InChI=1S/C11H5Br3O/c12-8-1-6-3-10(13)7(5-15)2-9(6)11(14)4-8/h1-5H. The zero-order valence-corrected chi connectivity index (χ0v) is 12.2. The van der Waals surface area contributed by atoms with Crippen molar-refractivity contribution in [1.82, 2.24) is 0 Å². The predicted octanol–water partition coefficient (Wildman–Crippen LogP) is 4.94. The Morgan fingerprint density at radius 3 is 2.33 bits per heavy atom. The van der Waals surface area contributed by atoms with Crippen molar-refractivity contribution >= 4 is 64.8 Å². The van der Waals surface area contributed by atoms with Crippen LogP contribution < -0.4 is 0 Å². The maximum absolute atomic E-state index is 10.8. The molecule has 1 nitrogen and oxygen atoms in total. The van der Waals surface area contributed by atoms with Gasteiger partial charge in [-0.15, -0.1) is 0 Å². The molecule has 0 radical (unpaired) electrons. The average Bonchev–Trinajstić information content (AvgIpc) is 2.16. The Bertz CT molecular complexity index is 549. The number of fused-ring (bicyclic) bond motifs is 1. The maximum Gasteiger partial charge on any atom is 0.151 e. The SMILES string of the molecule is O=Cc1cc2c(Br)cc(Br)cc2cc1Br. The number of carbonyl (C=O) groups excluding carboxylic acids is 1. The van der Waals surface area contributed by atoms with Crippen molar-refractivity contribution in [2.75, 3.05) is 0 Å². The molecule has 2 aromatic rings. The van der Waals surface area contributed by atoms with Crippen molar-refractivity contribution in [3.63, 3.8) is 0 Å². The molecule has 0 amide bonds. The Balaban J connectivity index is 2.87. The average molecular weight is 393 g/mol. The lowest BCUT2D eigenvalue weighted by atomic mass is 10.1. The molecule has 4 heteroatoms. The van der Waals surface area contributed by atoms with Gasteiger partial charge in [-0.05, 0) is 35.0 Å². The monoisotopic (exact) mass is 390 g/mol. The molecule has 0 aliphatic carbocycles. The molecule has 15 heavy (non-hydrogen) atoms. The van der Waals surface area contributed by atoms with Gasteiger partial charge < -0.3 is 0 Å². The molecule has 0 N–H and O–H groups in total. The van der Waals surface area contributed by atoms with E-state index >= 15 is 0 Å². The van der Waals surface area contributed by atoms with Crippen molar-refractivity contribution < 1.29 is 4.79 Å². The van der Waals surface area contributed by atoms with E-state index < -0.39 is 0 Å². The second-order valence-corrected chi connectivity index (χ2v) is 5.72. The highest BCUT2D eigenvalue weighted by Crippen LogP contribution is 2.31. The Kier molecular flexibility index (Phi) is 3.28. The molecule has 2 aromatic carbocycles. The summed E-state index contributed by atoms with van der Waals surface area (Å²) in [5, 5.41) is 2.11. The summed E-state index contributed by atoms with van der Waals surface area (Å²) in [6.07, 6.45) is 0.845. The van der Waals surface area contributed by atoms with Gasteiger partial charge in [0, 0.05) is 19.0 Å². The first-order valence-electron chi connectivity index (χ1n) is 4.15. The van der Waals surface area contributed by atoms with Crippen molar-refractivity contribution in [3.8, 4) is 0 Å². The van der Waals surface area contributed by atoms with Gasteiger partial charge in [0.15, 0.2) is 6.29 Å². The van der Waals surface area contributed by atoms with Crippen molar-refractivity contribution in [1.29, 1.82) is 0 Å². The van der Waals surface area contributed by atoms with Gasteiger partial charge in [0.05, 0.1) is 0 Å². The molecule has 0 atom stereocenters. The van der Waals surface area contributed by atoms with Gasteiger partial charge in [-0.25, -0.2) is 0 Å². The van der Waals surface area contributed by atoms with Gasteiger partial charge in [-0.1, -0.05) is 47.8 Å². The van der Waals surface area contributed by atoms with E-state index in [1.165, 1.54) is 0 Å². The molecule has 76 valence electrons. The van der Waals surface area contributed by atoms with Gasteiger partial charge in [0.1, 0.15) is 0 Å². The number of benzene rings is 2. The minimum atomic E-state index is 0.658. The van der Waals surface area contributed by atoms with Crippen LogP contribution in [0.2, 0.25) is 0 Å². The summed E-state index contributed by atoms with van der Waals surface area (Å²) in [6.45, 7) is 0. The first-order valence-corrected chi connectivity index (χ1v) is 6.53. The normalized spacial score (nSPS) is 10.6. The van der Waals surface area contributed by atoms with E-state index in [-0.39, 0.29) is 0 Å². The van der Waals surface area contributed by atoms with Crippen LogP contribution in [0.25, 0.3) is 10.8 Å². The Morgan fingerprint density at radius 1 is 0.933 bits per heavy atom. The van der Waals surface area contributed by atoms with Crippen LogP contribution in [0, 0.1) is 0 Å².